The highest BCUT2D eigenvalue weighted by Gasteiger charge is 2.19. The Kier molecular flexibility index (Phi) is 6.83. The lowest BCUT2D eigenvalue weighted by molar-refractivity contribution is -0.123. The van der Waals surface area contributed by atoms with Gasteiger partial charge in [-0.25, -0.2) is 9.67 Å². The van der Waals surface area contributed by atoms with Gasteiger partial charge in [0.2, 0.25) is 5.91 Å². The predicted molar refractivity (Wildman–Crippen MR) is 86.4 cm³/mol. The second kappa shape index (κ2) is 8.88. The van der Waals surface area contributed by atoms with Crippen LogP contribution in [-0.4, -0.2) is 45.2 Å². The Hall–Kier alpha value is -1.43. The van der Waals surface area contributed by atoms with Crippen molar-refractivity contribution in [3.63, 3.8) is 0 Å². The molecule has 22 heavy (non-hydrogen) atoms. The van der Waals surface area contributed by atoms with Gasteiger partial charge in [-0.05, 0) is 39.3 Å². The zero-order valence-electron chi connectivity index (χ0n) is 13.9. The van der Waals surface area contributed by atoms with Crippen LogP contribution in [0.15, 0.2) is 6.33 Å². The Morgan fingerprint density at radius 1 is 1.23 bits per heavy atom. The molecule has 1 atom stereocenters. The maximum absolute atomic E-state index is 12.4. The van der Waals surface area contributed by atoms with Crippen molar-refractivity contribution in [1.29, 1.82) is 0 Å². The standard InChI is InChI=1S/C16H29N5O/c1-3-14(16-17-13-18-21(16)4-2)19-15(22)12-20-10-8-6-5-7-9-11-20/h13-14H,3-12H2,1-2H3,(H,19,22)/t14-/m1/s1. The summed E-state index contributed by atoms with van der Waals surface area (Å²) in [5.41, 5.74) is 0. The first kappa shape index (κ1) is 16.9. The van der Waals surface area contributed by atoms with E-state index in [1.807, 2.05) is 11.6 Å². The minimum atomic E-state index is -0.0512. The van der Waals surface area contributed by atoms with Crippen molar-refractivity contribution < 1.29 is 4.79 Å². The van der Waals surface area contributed by atoms with Gasteiger partial charge in [0.25, 0.3) is 0 Å². The van der Waals surface area contributed by atoms with Crippen LogP contribution < -0.4 is 5.32 Å². The van der Waals surface area contributed by atoms with E-state index in [2.05, 4.69) is 27.2 Å². The smallest absolute Gasteiger partial charge is 0.234 e. The molecule has 1 aliphatic rings. The molecule has 6 nitrogen and oxygen atoms in total. The monoisotopic (exact) mass is 307 g/mol. The molecular formula is C16H29N5O. The Morgan fingerprint density at radius 3 is 2.55 bits per heavy atom. The Morgan fingerprint density at radius 2 is 1.91 bits per heavy atom. The summed E-state index contributed by atoms with van der Waals surface area (Å²) in [5.74, 6) is 0.948. The maximum atomic E-state index is 12.4. The van der Waals surface area contributed by atoms with E-state index in [4.69, 9.17) is 0 Å². The minimum Gasteiger partial charge on any atom is -0.345 e. The molecule has 0 bridgehead atoms. The maximum Gasteiger partial charge on any atom is 0.234 e. The van der Waals surface area contributed by atoms with Gasteiger partial charge >= 0.3 is 0 Å². The lowest BCUT2D eigenvalue weighted by Crippen LogP contribution is -2.40. The molecule has 2 heterocycles. The van der Waals surface area contributed by atoms with E-state index in [0.717, 1.165) is 31.9 Å². The van der Waals surface area contributed by atoms with Crippen molar-refractivity contribution >= 4 is 5.91 Å². The Balaban J connectivity index is 1.88. The average molecular weight is 307 g/mol. The number of carbonyl (C=O) groups is 1. The van der Waals surface area contributed by atoms with Crippen molar-refractivity contribution in [3.05, 3.63) is 12.2 Å². The first-order chi connectivity index (χ1) is 10.7. The van der Waals surface area contributed by atoms with Crippen LogP contribution in [0.1, 0.15) is 64.2 Å². The number of likely N-dealkylation sites (tertiary alicyclic amines) is 1. The lowest BCUT2D eigenvalue weighted by atomic mass is 10.1. The molecule has 0 radical (unpaired) electrons. The fraction of sp³-hybridized carbons (Fsp3) is 0.812. The molecule has 1 saturated heterocycles. The number of rotatable bonds is 6. The van der Waals surface area contributed by atoms with Crippen LogP contribution in [-0.2, 0) is 11.3 Å². The van der Waals surface area contributed by atoms with Gasteiger partial charge in [0.1, 0.15) is 12.2 Å². The zero-order valence-corrected chi connectivity index (χ0v) is 13.9. The summed E-state index contributed by atoms with van der Waals surface area (Å²) in [6.07, 6.45) is 8.70. The number of aromatic nitrogens is 3. The summed E-state index contributed by atoms with van der Waals surface area (Å²) in [6.45, 7) is 7.44. The summed E-state index contributed by atoms with van der Waals surface area (Å²) in [5, 5.41) is 7.32. The third kappa shape index (κ3) is 4.80. The molecule has 0 saturated carbocycles. The van der Waals surface area contributed by atoms with Gasteiger partial charge in [-0.15, -0.1) is 0 Å². The molecule has 1 fully saturated rings. The van der Waals surface area contributed by atoms with Crippen LogP contribution in [0, 0.1) is 0 Å². The summed E-state index contributed by atoms with van der Waals surface area (Å²) in [6, 6.07) is -0.0512. The average Bonchev–Trinajstić information content (AvgIpc) is 2.95. The first-order valence-electron chi connectivity index (χ1n) is 8.64. The molecule has 0 aromatic carbocycles. The lowest BCUT2D eigenvalue weighted by Gasteiger charge is -2.25. The summed E-state index contributed by atoms with van der Waals surface area (Å²) < 4.78 is 1.85. The number of hydrogen-bond donors (Lipinski definition) is 1. The number of aryl methyl sites for hydroxylation is 1. The largest absolute Gasteiger partial charge is 0.345 e. The van der Waals surface area contributed by atoms with Gasteiger partial charge in [-0.2, -0.15) is 5.10 Å². The van der Waals surface area contributed by atoms with Gasteiger partial charge < -0.3 is 5.32 Å². The number of amides is 1. The highest BCUT2D eigenvalue weighted by atomic mass is 16.2. The van der Waals surface area contributed by atoms with E-state index in [9.17, 15) is 4.79 Å². The number of carbonyl (C=O) groups excluding carboxylic acids is 1. The van der Waals surface area contributed by atoms with E-state index in [1.165, 1.54) is 32.1 Å². The second-order valence-electron chi connectivity index (χ2n) is 6.01. The van der Waals surface area contributed by atoms with Crippen molar-refractivity contribution in [2.24, 2.45) is 0 Å². The fourth-order valence-corrected chi connectivity index (χ4v) is 3.05. The number of nitrogens with one attached hydrogen (secondary N) is 1. The van der Waals surface area contributed by atoms with Gasteiger partial charge in [0.15, 0.2) is 0 Å². The van der Waals surface area contributed by atoms with Crippen LogP contribution in [0.2, 0.25) is 0 Å². The van der Waals surface area contributed by atoms with Gasteiger partial charge in [-0.1, -0.05) is 26.2 Å². The van der Waals surface area contributed by atoms with Gasteiger partial charge in [0, 0.05) is 6.54 Å². The molecule has 0 unspecified atom stereocenters. The van der Waals surface area contributed by atoms with E-state index >= 15 is 0 Å². The van der Waals surface area contributed by atoms with Crippen LogP contribution in [0.4, 0.5) is 0 Å². The Labute approximate surface area is 133 Å². The van der Waals surface area contributed by atoms with E-state index in [1.54, 1.807) is 6.33 Å². The van der Waals surface area contributed by atoms with Crippen molar-refractivity contribution in [2.45, 2.75) is 65.0 Å². The Bertz CT molecular complexity index is 451. The molecule has 1 aromatic heterocycles. The van der Waals surface area contributed by atoms with Crippen LogP contribution in [0.25, 0.3) is 0 Å². The molecule has 1 N–H and O–H groups in total. The van der Waals surface area contributed by atoms with Gasteiger partial charge in [0.05, 0.1) is 12.6 Å². The third-order valence-electron chi connectivity index (χ3n) is 4.32. The molecule has 6 heteroatoms. The molecule has 1 aliphatic heterocycles. The van der Waals surface area contributed by atoms with Crippen molar-refractivity contribution in [3.8, 4) is 0 Å². The topological polar surface area (TPSA) is 63.1 Å². The minimum absolute atomic E-state index is 0.0512. The summed E-state index contributed by atoms with van der Waals surface area (Å²) >= 11 is 0. The highest BCUT2D eigenvalue weighted by Crippen LogP contribution is 2.14. The molecule has 0 aliphatic carbocycles. The van der Waals surface area contributed by atoms with E-state index in [-0.39, 0.29) is 11.9 Å². The normalized spacial score (nSPS) is 18.5. The van der Waals surface area contributed by atoms with Crippen molar-refractivity contribution in [2.75, 3.05) is 19.6 Å². The van der Waals surface area contributed by atoms with Crippen LogP contribution in [0.5, 0.6) is 0 Å². The van der Waals surface area contributed by atoms with Gasteiger partial charge in [-0.3, -0.25) is 9.69 Å². The zero-order chi connectivity index (χ0) is 15.8. The SMILES string of the molecule is CC[C@@H](NC(=O)CN1CCCCCCC1)c1ncnn1CC. The predicted octanol–water partition coefficient (Wildman–Crippen LogP) is 2.13. The van der Waals surface area contributed by atoms with Crippen LogP contribution in [0.3, 0.4) is 0 Å². The quantitative estimate of drug-likeness (QED) is 0.874. The third-order valence-corrected chi connectivity index (χ3v) is 4.32. The molecule has 0 spiro atoms. The molecule has 1 amide bonds. The van der Waals surface area contributed by atoms with Crippen LogP contribution >= 0.6 is 0 Å². The van der Waals surface area contributed by atoms with E-state index < -0.39 is 0 Å². The molecule has 124 valence electrons. The number of nitrogens with zero attached hydrogens (tertiary/aromatic N) is 4. The second-order valence-corrected chi connectivity index (χ2v) is 6.01. The van der Waals surface area contributed by atoms with Crippen molar-refractivity contribution in [1.82, 2.24) is 25.0 Å². The highest BCUT2D eigenvalue weighted by molar-refractivity contribution is 5.78. The van der Waals surface area contributed by atoms with E-state index in [0.29, 0.717) is 6.54 Å². The summed E-state index contributed by atoms with van der Waals surface area (Å²) in [4.78, 5) is 19.0. The molecule has 1 aromatic rings. The molecular weight excluding hydrogens is 278 g/mol. The number of hydrogen-bond acceptors (Lipinski definition) is 4. The fourth-order valence-electron chi connectivity index (χ4n) is 3.05. The molecule has 2 rings (SSSR count). The first-order valence-corrected chi connectivity index (χ1v) is 8.64. The summed E-state index contributed by atoms with van der Waals surface area (Å²) in [7, 11) is 0.